The average molecular weight is 470 g/mol. The van der Waals surface area contributed by atoms with Crippen LogP contribution in [0.1, 0.15) is 47.3 Å². The lowest BCUT2D eigenvalue weighted by Crippen LogP contribution is -2.55. The van der Waals surface area contributed by atoms with Crippen LogP contribution in [0.2, 0.25) is 5.02 Å². The Bertz CT molecular complexity index is 1070. The molecule has 0 radical (unpaired) electrons. The smallest absolute Gasteiger partial charge is 0.475 e. The van der Waals surface area contributed by atoms with Crippen molar-refractivity contribution in [1.29, 1.82) is 0 Å². The lowest BCUT2D eigenvalue weighted by molar-refractivity contribution is -0.192. The fourth-order valence-corrected chi connectivity index (χ4v) is 4.77. The van der Waals surface area contributed by atoms with Crippen molar-refractivity contribution in [2.45, 2.75) is 50.2 Å². The molecule has 6 nitrogen and oxygen atoms in total. The number of carbonyl (C=O) groups is 2. The first-order chi connectivity index (χ1) is 15.1. The Labute approximate surface area is 187 Å². The molecule has 2 heterocycles. The number of aromatic nitrogens is 1. The minimum Gasteiger partial charge on any atom is -0.475 e. The van der Waals surface area contributed by atoms with Crippen molar-refractivity contribution in [2.24, 2.45) is 0 Å². The largest absolute Gasteiger partial charge is 0.490 e. The zero-order valence-electron chi connectivity index (χ0n) is 17.3. The molecule has 172 valence electrons. The van der Waals surface area contributed by atoms with Gasteiger partial charge in [0, 0.05) is 36.3 Å². The number of aliphatic carboxylic acids is 1. The second-order valence-corrected chi connectivity index (χ2v) is 8.83. The molecular formula is C22H23ClF3N3O3. The predicted molar refractivity (Wildman–Crippen MR) is 113 cm³/mol. The third-order valence-corrected chi connectivity index (χ3v) is 6.73. The Morgan fingerprint density at radius 3 is 2.53 bits per heavy atom. The van der Waals surface area contributed by atoms with Crippen molar-refractivity contribution < 1.29 is 27.9 Å². The molecule has 5 rings (SSSR count). The van der Waals surface area contributed by atoms with Gasteiger partial charge >= 0.3 is 12.1 Å². The van der Waals surface area contributed by atoms with E-state index < -0.39 is 12.1 Å². The van der Waals surface area contributed by atoms with Gasteiger partial charge in [-0.15, -0.1) is 0 Å². The summed E-state index contributed by atoms with van der Waals surface area (Å²) in [6.07, 6.45) is 1.49. The van der Waals surface area contributed by atoms with Crippen molar-refractivity contribution in [3.05, 3.63) is 40.0 Å². The summed E-state index contributed by atoms with van der Waals surface area (Å²) >= 11 is 6.65. The molecule has 10 heteroatoms. The summed E-state index contributed by atoms with van der Waals surface area (Å²) in [7, 11) is 0. The number of fused-ring (bicyclic) bond motifs is 2. The van der Waals surface area contributed by atoms with E-state index in [4.69, 9.17) is 26.5 Å². The molecule has 0 bridgehead atoms. The molecule has 1 saturated heterocycles. The van der Waals surface area contributed by atoms with Crippen LogP contribution < -0.4 is 5.32 Å². The van der Waals surface area contributed by atoms with Gasteiger partial charge in [0.2, 0.25) is 0 Å². The summed E-state index contributed by atoms with van der Waals surface area (Å²) in [5.74, 6) is -2.62. The SMILES string of the molecule is O=C(O)C(F)(F)F.O=C(c1ccc2c(Cl)c3c(nc2c1)CCCC3)N1CCNCC12CC2. The quantitative estimate of drug-likeness (QED) is 0.660. The van der Waals surface area contributed by atoms with E-state index in [2.05, 4.69) is 10.2 Å². The summed E-state index contributed by atoms with van der Waals surface area (Å²) in [6.45, 7) is 2.58. The summed E-state index contributed by atoms with van der Waals surface area (Å²) in [5.41, 5.74) is 3.98. The monoisotopic (exact) mass is 469 g/mol. The van der Waals surface area contributed by atoms with Crippen LogP contribution in [0.15, 0.2) is 18.2 Å². The molecule has 2 fully saturated rings. The predicted octanol–water partition coefficient (Wildman–Crippen LogP) is 3.98. The second-order valence-electron chi connectivity index (χ2n) is 8.45. The van der Waals surface area contributed by atoms with Crippen LogP contribution in [0.3, 0.4) is 0 Å². The molecule has 3 aliphatic rings. The molecule has 1 aromatic carbocycles. The fraction of sp³-hybridized carbons (Fsp3) is 0.500. The number of rotatable bonds is 1. The molecule has 1 amide bonds. The number of benzene rings is 1. The maximum absolute atomic E-state index is 13.1. The molecule has 2 aromatic rings. The van der Waals surface area contributed by atoms with Crippen LogP contribution in [-0.2, 0) is 17.6 Å². The topological polar surface area (TPSA) is 82.5 Å². The molecule has 2 N–H and O–H groups in total. The number of pyridine rings is 1. The first-order valence-electron chi connectivity index (χ1n) is 10.6. The van der Waals surface area contributed by atoms with Gasteiger partial charge in [0.25, 0.3) is 5.91 Å². The highest BCUT2D eigenvalue weighted by atomic mass is 35.5. The first-order valence-corrected chi connectivity index (χ1v) is 10.9. The molecule has 0 atom stereocenters. The van der Waals surface area contributed by atoms with E-state index in [1.807, 2.05) is 18.2 Å². The highest BCUT2D eigenvalue weighted by Gasteiger charge is 2.51. The number of carboxylic acid groups (broad SMARTS) is 1. The van der Waals surface area contributed by atoms with Gasteiger partial charge in [-0.25, -0.2) is 4.79 Å². The minimum atomic E-state index is -5.08. The molecule has 0 unspecified atom stereocenters. The zero-order chi connectivity index (χ0) is 23.1. The molecule has 1 aliphatic heterocycles. The van der Waals surface area contributed by atoms with Gasteiger partial charge in [-0.05, 0) is 56.2 Å². The van der Waals surface area contributed by atoms with Crippen LogP contribution in [0.5, 0.6) is 0 Å². The summed E-state index contributed by atoms with van der Waals surface area (Å²) in [4.78, 5) is 28.9. The molecule has 2 aliphatic carbocycles. The highest BCUT2D eigenvalue weighted by molar-refractivity contribution is 6.36. The first kappa shape index (κ1) is 22.8. The standard InChI is InChI=1S/C20H22ClN3O.C2HF3O2/c21-18-14-3-1-2-4-16(14)23-17-11-13(5-6-15(17)18)19(25)24-10-9-22-12-20(24)7-8-20;3-2(4,5)1(6)7/h5-6,11,22H,1-4,7-10,12H2;(H,6,7). The fourth-order valence-electron chi connectivity index (χ4n) is 4.41. The number of carboxylic acids is 1. The van der Waals surface area contributed by atoms with E-state index in [1.165, 1.54) is 18.4 Å². The minimum absolute atomic E-state index is 0.0607. The number of carbonyl (C=O) groups excluding carboxylic acids is 1. The number of piperazine rings is 1. The van der Waals surface area contributed by atoms with E-state index in [1.54, 1.807) is 0 Å². The lowest BCUT2D eigenvalue weighted by Gasteiger charge is -2.37. The maximum Gasteiger partial charge on any atom is 0.490 e. The van der Waals surface area contributed by atoms with E-state index in [0.717, 1.165) is 72.5 Å². The summed E-state index contributed by atoms with van der Waals surface area (Å²) in [5, 5.41) is 12.4. The van der Waals surface area contributed by atoms with E-state index >= 15 is 0 Å². The summed E-state index contributed by atoms with van der Waals surface area (Å²) in [6, 6.07) is 5.84. The van der Waals surface area contributed by atoms with Crippen LogP contribution in [0, 0.1) is 0 Å². The average Bonchev–Trinajstić information content (AvgIpc) is 3.52. The second kappa shape index (κ2) is 8.51. The van der Waals surface area contributed by atoms with Crippen molar-refractivity contribution in [1.82, 2.24) is 15.2 Å². The third kappa shape index (κ3) is 4.41. The number of aryl methyl sites for hydroxylation is 1. The Morgan fingerprint density at radius 1 is 1.19 bits per heavy atom. The normalized spacial score (nSPS) is 19.2. The van der Waals surface area contributed by atoms with E-state index in [0.29, 0.717) is 0 Å². The number of nitrogens with one attached hydrogen (secondary N) is 1. The number of alkyl halides is 3. The van der Waals surface area contributed by atoms with E-state index in [-0.39, 0.29) is 11.4 Å². The zero-order valence-corrected chi connectivity index (χ0v) is 18.0. The van der Waals surface area contributed by atoms with Crippen molar-refractivity contribution in [3.8, 4) is 0 Å². The van der Waals surface area contributed by atoms with Crippen LogP contribution >= 0.6 is 11.6 Å². The van der Waals surface area contributed by atoms with Crippen LogP contribution in [-0.4, -0.2) is 58.2 Å². The van der Waals surface area contributed by atoms with Gasteiger partial charge in [-0.3, -0.25) is 9.78 Å². The van der Waals surface area contributed by atoms with Gasteiger partial charge < -0.3 is 15.3 Å². The van der Waals surface area contributed by atoms with Crippen LogP contribution in [0.25, 0.3) is 10.9 Å². The van der Waals surface area contributed by atoms with Crippen molar-refractivity contribution in [3.63, 3.8) is 0 Å². The summed E-state index contributed by atoms with van der Waals surface area (Å²) < 4.78 is 31.7. The van der Waals surface area contributed by atoms with Gasteiger partial charge in [0.05, 0.1) is 16.1 Å². The molecule has 32 heavy (non-hydrogen) atoms. The lowest BCUT2D eigenvalue weighted by atomic mass is 9.94. The van der Waals surface area contributed by atoms with Gasteiger partial charge in [0.1, 0.15) is 0 Å². The number of nitrogens with zero attached hydrogens (tertiary/aromatic N) is 2. The van der Waals surface area contributed by atoms with Crippen LogP contribution in [0.4, 0.5) is 13.2 Å². The Morgan fingerprint density at radius 2 is 1.88 bits per heavy atom. The Kier molecular flexibility index (Phi) is 6.06. The van der Waals surface area contributed by atoms with Gasteiger partial charge in [0.15, 0.2) is 0 Å². The van der Waals surface area contributed by atoms with Gasteiger partial charge in [-0.1, -0.05) is 17.7 Å². The number of hydrogen-bond acceptors (Lipinski definition) is 4. The number of halogens is 4. The number of hydrogen-bond donors (Lipinski definition) is 2. The molecule has 1 spiro atoms. The number of amides is 1. The molecule has 1 aromatic heterocycles. The van der Waals surface area contributed by atoms with E-state index in [9.17, 15) is 18.0 Å². The third-order valence-electron chi connectivity index (χ3n) is 6.29. The van der Waals surface area contributed by atoms with Crippen molar-refractivity contribution in [2.75, 3.05) is 19.6 Å². The van der Waals surface area contributed by atoms with Gasteiger partial charge in [-0.2, -0.15) is 13.2 Å². The molecular weight excluding hydrogens is 447 g/mol. The molecule has 1 saturated carbocycles. The highest BCUT2D eigenvalue weighted by Crippen LogP contribution is 2.43. The maximum atomic E-state index is 13.1. The Balaban J connectivity index is 0.000000307. The Hall–Kier alpha value is -2.39. The van der Waals surface area contributed by atoms with Crippen molar-refractivity contribution >= 4 is 34.4 Å².